The molecule has 0 atom stereocenters. The van der Waals surface area contributed by atoms with Crippen molar-refractivity contribution in [2.24, 2.45) is 0 Å². The van der Waals surface area contributed by atoms with Gasteiger partial charge in [0.15, 0.2) is 5.69 Å². The molecule has 3 aromatic rings. The molecule has 0 fully saturated rings. The van der Waals surface area contributed by atoms with Crippen molar-refractivity contribution in [1.29, 1.82) is 0 Å². The number of hydrogen-bond acceptors (Lipinski definition) is 4. The first-order chi connectivity index (χ1) is 12.5. The van der Waals surface area contributed by atoms with Gasteiger partial charge in [0.05, 0.1) is 18.0 Å². The maximum Gasteiger partial charge on any atom is 0.276 e. The van der Waals surface area contributed by atoms with E-state index in [9.17, 15) is 9.59 Å². The molecule has 1 aromatic heterocycles. The van der Waals surface area contributed by atoms with Gasteiger partial charge in [-0.25, -0.2) is 0 Å². The molecule has 0 aliphatic heterocycles. The molecule has 0 saturated heterocycles. The quantitative estimate of drug-likeness (QED) is 0.748. The Bertz CT molecular complexity index is 1030. The monoisotopic (exact) mass is 371 g/mol. The number of aromatic nitrogens is 2. The number of amides is 1. The highest BCUT2D eigenvalue weighted by Gasteiger charge is 2.17. The van der Waals surface area contributed by atoms with E-state index in [1.807, 2.05) is 31.2 Å². The third kappa shape index (κ3) is 3.55. The minimum absolute atomic E-state index is 0.149. The van der Waals surface area contributed by atoms with E-state index >= 15 is 0 Å². The molecule has 0 radical (unpaired) electrons. The van der Waals surface area contributed by atoms with Crippen molar-refractivity contribution in [1.82, 2.24) is 15.1 Å². The Kier molecular flexibility index (Phi) is 5.23. The average Bonchev–Trinajstić information content (AvgIpc) is 2.67. The maximum atomic E-state index is 12.7. The summed E-state index contributed by atoms with van der Waals surface area (Å²) in [5.41, 5.74) is 0.920. The van der Waals surface area contributed by atoms with Gasteiger partial charge < -0.3 is 10.1 Å². The van der Waals surface area contributed by atoms with Crippen LogP contribution in [-0.4, -0.2) is 22.8 Å². The fraction of sp³-hybridized carbons (Fsp3) is 0.211. The van der Waals surface area contributed by atoms with Crippen LogP contribution >= 0.6 is 11.6 Å². The van der Waals surface area contributed by atoms with E-state index in [1.54, 1.807) is 30.0 Å². The van der Waals surface area contributed by atoms with Crippen molar-refractivity contribution in [3.63, 3.8) is 0 Å². The molecule has 3 rings (SSSR count). The van der Waals surface area contributed by atoms with E-state index in [4.69, 9.17) is 16.3 Å². The average molecular weight is 372 g/mol. The molecule has 0 spiro atoms. The Morgan fingerprint density at radius 2 is 2.08 bits per heavy atom. The highest BCUT2D eigenvalue weighted by molar-refractivity contribution is 6.31. The van der Waals surface area contributed by atoms with Gasteiger partial charge in [0.1, 0.15) is 5.75 Å². The molecule has 26 heavy (non-hydrogen) atoms. The van der Waals surface area contributed by atoms with Gasteiger partial charge in [-0.05, 0) is 42.8 Å². The normalized spacial score (nSPS) is 10.7. The summed E-state index contributed by atoms with van der Waals surface area (Å²) in [4.78, 5) is 25.2. The number of benzene rings is 2. The van der Waals surface area contributed by atoms with E-state index in [-0.39, 0.29) is 12.2 Å². The van der Waals surface area contributed by atoms with Crippen LogP contribution < -0.4 is 15.5 Å². The topological polar surface area (TPSA) is 73.2 Å². The first-order valence-electron chi connectivity index (χ1n) is 8.15. The van der Waals surface area contributed by atoms with Crippen LogP contribution in [0, 0.1) is 0 Å². The van der Waals surface area contributed by atoms with Crippen LogP contribution in [0.5, 0.6) is 5.75 Å². The Morgan fingerprint density at radius 3 is 2.81 bits per heavy atom. The van der Waals surface area contributed by atoms with E-state index < -0.39 is 11.3 Å². The Morgan fingerprint density at radius 1 is 1.27 bits per heavy atom. The first-order valence-corrected chi connectivity index (χ1v) is 8.52. The van der Waals surface area contributed by atoms with Gasteiger partial charge in [0, 0.05) is 18.1 Å². The number of aryl methyl sites for hydroxylation is 1. The minimum atomic E-state index is -0.526. The van der Waals surface area contributed by atoms with Crippen LogP contribution in [0.1, 0.15) is 23.0 Å². The summed E-state index contributed by atoms with van der Waals surface area (Å²) >= 11 is 6.01. The molecule has 6 nitrogen and oxygen atoms in total. The summed E-state index contributed by atoms with van der Waals surface area (Å²) in [6.07, 6.45) is 0. The molecular weight excluding hydrogens is 354 g/mol. The Balaban J connectivity index is 1.92. The van der Waals surface area contributed by atoms with Crippen molar-refractivity contribution in [3.8, 4) is 5.75 Å². The number of nitrogens with one attached hydrogen (secondary N) is 1. The number of nitrogens with zero attached hydrogens (tertiary/aromatic N) is 2. The fourth-order valence-electron chi connectivity index (χ4n) is 2.70. The summed E-state index contributed by atoms with van der Waals surface area (Å²) in [6, 6.07) is 12.3. The Hall–Kier alpha value is -2.86. The van der Waals surface area contributed by atoms with Gasteiger partial charge in [-0.3, -0.25) is 14.3 Å². The largest absolute Gasteiger partial charge is 0.497 e. The molecule has 0 aliphatic rings. The van der Waals surface area contributed by atoms with Gasteiger partial charge >= 0.3 is 0 Å². The molecule has 1 heterocycles. The summed E-state index contributed by atoms with van der Waals surface area (Å²) < 4.78 is 6.78. The van der Waals surface area contributed by atoms with Crippen LogP contribution in [-0.2, 0) is 13.1 Å². The maximum absolute atomic E-state index is 12.7. The predicted octanol–water partition coefficient (Wildman–Crippen LogP) is 3.01. The fourth-order valence-corrected chi connectivity index (χ4v) is 2.87. The summed E-state index contributed by atoms with van der Waals surface area (Å²) in [7, 11) is 1.58. The van der Waals surface area contributed by atoms with Crippen LogP contribution in [0.25, 0.3) is 10.9 Å². The third-order valence-corrected chi connectivity index (χ3v) is 4.25. The van der Waals surface area contributed by atoms with Gasteiger partial charge in [-0.1, -0.05) is 23.7 Å². The first kappa shape index (κ1) is 17.9. The lowest BCUT2D eigenvalue weighted by molar-refractivity contribution is 0.0942. The zero-order valence-corrected chi connectivity index (χ0v) is 15.2. The molecule has 1 amide bonds. The number of ether oxygens (including phenoxy) is 1. The van der Waals surface area contributed by atoms with Gasteiger partial charge in [0.25, 0.3) is 5.91 Å². The number of hydrogen-bond donors (Lipinski definition) is 1. The highest BCUT2D eigenvalue weighted by Crippen LogP contribution is 2.17. The minimum Gasteiger partial charge on any atom is -0.497 e. The van der Waals surface area contributed by atoms with Crippen LogP contribution in [0.15, 0.2) is 47.3 Å². The van der Waals surface area contributed by atoms with Crippen molar-refractivity contribution in [3.05, 3.63) is 69.0 Å². The van der Waals surface area contributed by atoms with Crippen LogP contribution in [0.4, 0.5) is 0 Å². The molecule has 0 bridgehead atoms. The lowest BCUT2D eigenvalue weighted by Gasteiger charge is -2.11. The molecule has 134 valence electrons. The molecule has 2 aromatic carbocycles. The van der Waals surface area contributed by atoms with Crippen LogP contribution in [0.2, 0.25) is 5.02 Å². The number of halogens is 1. The molecule has 0 saturated carbocycles. The van der Waals surface area contributed by atoms with Gasteiger partial charge in [-0.2, -0.15) is 5.10 Å². The van der Waals surface area contributed by atoms with Gasteiger partial charge in [-0.15, -0.1) is 0 Å². The third-order valence-electron chi connectivity index (χ3n) is 4.02. The van der Waals surface area contributed by atoms with Crippen LogP contribution in [0.3, 0.4) is 0 Å². The standard InChI is InChI=1S/C19H18ClN3O3/c1-3-23-16-8-7-13(20)10-15(16)18(24)17(22-23)19(25)21-11-12-5-4-6-14(9-12)26-2/h4-10H,3,11H2,1-2H3,(H,21,25). The molecule has 1 N–H and O–H groups in total. The van der Waals surface area contributed by atoms with E-state index in [2.05, 4.69) is 10.4 Å². The van der Waals surface area contributed by atoms with Crippen molar-refractivity contribution in [2.75, 3.05) is 7.11 Å². The Labute approximate surface area is 155 Å². The second-order valence-electron chi connectivity index (χ2n) is 5.69. The van der Waals surface area contributed by atoms with Crippen molar-refractivity contribution in [2.45, 2.75) is 20.0 Å². The lowest BCUT2D eigenvalue weighted by Crippen LogP contribution is -2.31. The number of fused-ring (bicyclic) bond motifs is 1. The zero-order valence-electron chi connectivity index (χ0n) is 14.5. The summed E-state index contributed by atoms with van der Waals surface area (Å²) in [5.74, 6) is 0.172. The molecule has 7 heteroatoms. The summed E-state index contributed by atoms with van der Waals surface area (Å²) in [6.45, 7) is 2.68. The number of methoxy groups -OCH3 is 1. The molecule has 0 unspecified atom stereocenters. The summed E-state index contributed by atoms with van der Waals surface area (Å²) in [5, 5.41) is 7.77. The zero-order chi connectivity index (χ0) is 18.7. The smallest absolute Gasteiger partial charge is 0.276 e. The van der Waals surface area contributed by atoms with Gasteiger partial charge in [0.2, 0.25) is 5.43 Å². The van der Waals surface area contributed by atoms with Crippen molar-refractivity contribution < 1.29 is 9.53 Å². The van der Waals surface area contributed by atoms with Crippen molar-refractivity contribution >= 4 is 28.4 Å². The van der Waals surface area contributed by atoms with E-state index in [0.717, 1.165) is 5.56 Å². The molecular formula is C19H18ClN3O3. The number of carbonyl (C=O) groups excluding carboxylic acids is 1. The lowest BCUT2D eigenvalue weighted by atomic mass is 10.2. The number of rotatable bonds is 5. The number of carbonyl (C=O) groups is 1. The predicted molar refractivity (Wildman–Crippen MR) is 101 cm³/mol. The van der Waals surface area contributed by atoms with E-state index in [0.29, 0.717) is 28.2 Å². The van der Waals surface area contributed by atoms with E-state index in [1.165, 1.54) is 0 Å². The SMILES string of the molecule is CCn1nc(C(=O)NCc2cccc(OC)c2)c(=O)c2cc(Cl)ccc21. The second kappa shape index (κ2) is 7.58. The second-order valence-corrected chi connectivity index (χ2v) is 6.13. The molecule has 0 aliphatic carbocycles. The highest BCUT2D eigenvalue weighted by atomic mass is 35.5.